The Balaban J connectivity index is 1.80. The Morgan fingerprint density at radius 2 is 1.72 bits per heavy atom. The van der Waals surface area contributed by atoms with Crippen LogP contribution in [-0.4, -0.2) is 4.37 Å². The Kier molecular flexibility index (Phi) is 2.99. The SMILES string of the molecule is Nc1nsc2ccc(CCc3ccccc3)cc12. The summed E-state index contributed by atoms with van der Waals surface area (Å²) in [5.74, 6) is 0.650. The predicted octanol–water partition coefficient (Wildman–Crippen LogP) is 3.66. The average Bonchev–Trinajstić information content (AvgIpc) is 2.79. The van der Waals surface area contributed by atoms with Crippen LogP contribution in [0.25, 0.3) is 10.1 Å². The number of hydrogen-bond acceptors (Lipinski definition) is 3. The van der Waals surface area contributed by atoms with Crippen LogP contribution in [0.1, 0.15) is 11.1 Å². The Labute approximate surface area is 110 Å². The van der Waals surface area contributed by atoms with Gasteiger partial charge in [-0.15, -0.1) is 0 Å². The molecule has 2 N–H and O–H groups in total. The smallest absolute Gasteiger partial charge is 0.144 e. The molecule has 0 saturated carbocycles. The third-order valence-electron chi connectivity index (χ3n) is 3.11. The minimum atomic E-state index is 0.650. The zero-order chi connectivity index (χ0) is 12.4. The van der Waals surface area contributed by atoms with Gasteiger partial charge < -0.3 is 5.73 Å². The summed E-state index contributed by atoms with van der Waals surface area (Å²) in [6.07, 6.45) is 2.10. The van der Waals surface area contributed by atoms with Gasteiger partial charge in [0.1, 0.15) is 5.82 Å². The summed E-state index contributed by atoms with van der Waals surface area (Å²) >= 11 is 1.46. The molecule has 2 nitrogen and oxygen atoms in total. The maximum Gasteiger partial charge on any atom is 0.144 e. The van der Waals surface area contributed by atoms with Crippen molar-refractivity contribution in [1.29, 1.82) is 0 Å². The van der Waals surface area contributed by atoms with Gasteiger partial charge in [-0.2, -0.15) is 4.37 Å². The monoisotopic (exact) mass is 254 g/mol. The largest absolute Gasteiger partial charge is 0.382 e. The Morgan fingerprint density at radius 1 is 0.944 bits per heavy atom. The van der Waals surface area contributed by atoms with Crippen molar-refractivity contribution in [3.8, 4) is 0 Å². The highest BCUT2D eigenvalue weighted by Gasteiger charge is 2.03. The van der Waals surface area contributed by atoms with Crippen LogP contribution >= 0.6 is 11.5 Å². The van der Waals surface area contributed by atoms with Crippen molar-refractivity contribution >= 4 is 27.4 Å². The lowest BCUT2D eigenvalue weighted by Gasteiger charge is -2.02. The third-order valence-corrected chi connectivity index (χ3v) is 3.95. The lowest BCUT2D eigenvalue weighted by molar-refractivity contribution is 0.963. The lowest BCUT2D eigenvalue weighted by Crippen LogP contribution is -1.91. The van der Waals surface area contributed by atoms with Crippen LogP contribution in [0.2, 0.25) is 0 Å². The quantitative estimate of drug-likeness (QED) is 0.774. The van der Waals surface area contributed by atoms with Gasteiger partial charge in [0, 0.05) is 5.39 Å². The number of aromatic nitrogens is 1. The number of rotatable bonds is 3. The first kappa shape index (κ1) is 11.2. The molecule has 2 aromatic carbocycles. The number of hydrogen-bond donors (Lipinski definition) is 1. The fourth-order valence-corrected chi connectivity index (χ4v) is 2.78. The van der Waals surface area contributed by atoms with E-state index >= 15 is 0 Å². The van der Waals surface area contributed by atoms with Gasteiger partial charge in [-0.3, -0.25) is 0 Å². The van der Waals surface area contributed by atoms with Crippen LogP contribution in [0.5, 0.6) is 0 Å². The minimum Gasteiger partial charge on any atom is -0.382 e. The number of fused-ring (bicyclic) bond motifs is 1. The summed E-state index contributed by atoms with van der Waals surface area (Å²) in [5, 5.41) is 1.09. The average molecular weight is 254 g/mol. The molecular formula is C15H14N2S. The number of anilines is 1. The first-order valence-electron chi connectivity index (χ1n) is 6.00. The van der Waals surface area contributed by atoms with Gasteiger partial charge in [-0.05, 0) is 47.6 Å². The van der Waals surface area contributed by atoms with Gasteiger partial charge in [-0.25, -0.2) is 0 Å². The predicted molar refractivity (Wildman–Crippen MR) is 77.9 cm³/mol. The molecule has 90 valence electrons. The molecule has 0 aliphatic carbocycles. The first-order valence-corrected chi connectivity index (χ1v) is 6.78. The van der Waals surface area contributed by atoms with Crippen molar-refractivity contribution in [3.63, 3.8) is 0 Å². The molecule has 0 saturated heterocycles. The Hall–Kier alpha value is -1.87. The highest BCUT2D eigenvalue weighted by molar-refractivity contribution is 7.13. The second-order valence-corrected chi connectivity index (χ2v) is 5.19. The molecular weight excluding hydrogens is 240 g/mol. The second-order valence-electron chi connectivity index (χ2n) is 4.38. The fourth-order valence-electron chi connectivity index (χ4n) is 2.09. The van der Waals surface area contributed by atoms with Gasteiger partial charge in [0.2, 0.25) is 0 Å². The molecule has 3 heteroatoms. The summed E-state index contributed by atoms with van der Waals surface area (Å²) in [7, 11) is 0. The van der Waals surface area contributed by atoms with E-state index in [0.717, 1.165) is 22.9 Å². The zero-order valence-corrected chi connectivity index (χ0v) is 10.8. The molecule has 3 aromatic rings. The molecule has 0 atom stereocenters. The summed E-state index contributed by atoms with van der Waals surface area (Å²) < 4.78 is 5.34. The molecule has 0 spiro atoms. The summed E-state index contributed by atoms with van der Waals surface area (Å²) in [6.45, 7) is 0. The van der Waals surface area contributed by atoms with Crippen molar-refractivity contribution in [2.45, 2.75) is 12.8 Å². The molecule has 1 heterocycles. The van der Waals surface area contributed by atoms with Crippen molar-refractivity contribution in [1.82, 2.24) is 4.37 Å². The highest BCUT2D eigenvalue weighted by Crippen LogP contribution is 2.25. The maximum atomic E-state index is 5.85. The standard InChI is InChI=1S/C15H14N2S/c16-15-13-10-12(8-9-14(13)18-17-15)7-6-11-4-2-1-3-5-11/h1-5,8-10H,6-7H2,(H2,16,17). The van der Waals surface area contributed by atoms with E-state index in [9.17, 15) is 0 Å². The lowest BCUT2D eigenvalue weighted by atomic mass is 10.0. The summed E-state index contributed by atoms with van der Waals surface area (Å²) in [5.41, 5.74) is 8.54. The molecule has 0 amide bonds. The maximum absolute atomic E-state index is 5.85. The summed E-state index contributed by atoms with van der Waals surface area (Å²) in [6, 6.07) is 17.0. The number of nitrogen functional groups attached to an aromatic ring is 1. The van der Waals surface area contributed by atoms with Crippen LogP contribution in [0.3, 0.4) is 0 Å². The van der Waals surface area contributed by atoms with Gasteiger partial charge in [0.25, 0.3) is 0 Å². The molecule has 18 heavy (non-hydrogen) atoms. The van der Waals surface area contributed by atoms with E-state index in [1.54, 1.807) is 0 Å². The zero-order valence-electron chi connectivity index (χ0n) is 9.97. The highest BCUT2D eigenvalue weighted by atomic mass is 32.1. The van der Waals surface area contributed by atoms with E-state index in [2.05, 4.69) is 46.8 Å². The number of aryl methyl sites for hydroxylation is 2. The number of nitrogens with zero attached hydrogens (tertiary/aromatic N) is 1. The van der Waals surface area contributed by atoms with E-state index in [1.165, 1.54) is 22.7 Å². The topological polar surface area (TPSA) is 38.9 Å². The van der Waals surface area contributed by atoms with Crippen LogP contribution in [0.15, 0.2) is 48.5 Å². The van der Waals surface area contributed by atoms with E-state index in [0.29, 0.717) is 5.82 Å². The van der Waals surface area contributed by atoms with Gasteiger partial charge in [0.15, 0.2) is 0 Å². The molecule has 0 aliphatic heterocycles. The van der Waals surface area contributed by atoms with Crippen molar-refractivity contribution in [3.05, 3.63) is 59.7 Å². The normalized spacial score (nSPS) is 10.9. The Morgan fingerprint density at radius 3 is 2.56 bits per heavy atom. The van der Waals surface area contributed by atoms with E-state index in [1.807, 2.05) is 6.07 Å². The van der Waals surface area contributed by atoms with Crippen LogP contribution in [-0.2, 0) is 12.8 Å². The third kappa shape index (κ3) is 2.22. The molecule has 0 bridgehead atoms. The van der Waals surface area contributed by atoms with E-state index < -0.39 is 0 Å². The van der Waals surface area contributed by atoms with Crippen molar-refractivity contribution < 1.29 is 0 Å². The van der Waals surface area contributed by atoms with Crippen LogP contribution in [0.4, 0.5) is 5.82 Å². The second kappa shape index (κ2) is 4.78. The Bertz CT molecular complexity index is 659. The molecule has 0 unspecified atom stereocenters. The minimum absolute atomic E-state index is 0.650. The van der Waals surface area contributed by atoms with Gasteiger partial charge in [-0.1, -0.05) is 36.4 Å². The molecule has 0 aliphatic rings. The fraction of sp³-hybridized carbons (Fsp3) is 0.133. The molecule has 3 rings (SSSR count). The molecule has 0 radical (unpaired) electrons. The number of benzene rings is 2. The first-order chi connectivity index (χ1) is 8.83. The van der Waals surface area contributed by atoms with Gasteiger partial charge >= 0.3 is 0 Å². The number of nitrogens with two attached hydrogens (primary N) is 1. The van der Waals surface area contributed by atoms with Crippen molar-refractivity contribution in [2.75, 3.05) is 5.73 Å². The van der Waals surface area contributed by atoms with Crippen LogP contribution in [0, 0.1) is 0 Å². The van der Waals surface area contributed by atoms with Crippen molar-refractivity contribution in [2.24, 2.45) is 0 Å². The van der Waals surface area contributed by atoms with E-state index in [-0.39, 0.29) is 0 Å². The summed E-state index contributed by atoms with van der Waals surface area (Å²) in [4.78, 5) is 0. The molecule has 0 fully saturated rings. The molecule has 1 aromatic heterocycles. The van der Waals surface area contributed by atoms with E-state index in [4.69, 9.17) is 5.73 Å². The van der Waals surface area contributed by atoms with Gasteiger partial charge in [0.05, 0.1) is 4.70 Å². The van der Waals surface area contributed by atoms with Crippen LogP contribution < -0.4 is 5.73 Å².